The molecule has 0 aromatic carbocycles. The van der Waals surface area contributed by atoms with Crippen LogP contribution in [-0.4, -0.2) is 45.4 Å². The lowest BCUT2D eigenvalue weighted by atomic mass is 9.95. The topological polar surface area (TPSA) is 9.23 Å². The first kappa shape index (κ1) is 11.2. The van der Waals surface area contributed by atoms with E-state index in [1.54, 1.807) is 0 Å². The van der Waals surface area contributed by atoms with Gasteiger partial charge in [0.05, 0.1) is 34.4 Å². The van der Waals surface area contributed by atoms with Gasteiger partial charge in [-0.25, -0.2) is 0 Å². The zero-order chi connectivity index (χ0) is 10.9. The van der Waals surface area contributed by atoms with E-state index in [-0.39, 0.29) is 0 Å². The van der Waals surface area contributed by atoms with E-state index >= 15 is 0 Å². The number of allylic oxidation sites excluding steroid dienone is 2. The normalized spacial score (nSPS) is 33.9. The highest BCUT2D eigenvalue weighted by Gasteiger charge is 2.35. The van der Waals surface area contributed by atoms with Crippen molar-refractivity contribution in [2.45, 2.75) is 12.8 Å². The van der Waals surface area contributed by atoms with Crippen LogP contribution in [0.4, 0.5) is 0 Å². The number of rotatable bonds is 5. The van der Waals surface area contributed by atoms with Crippen LogP contribution in [0.1, 0.15) is 12.8 Å². The third kappa shape index (κ3) is 3.05. The van der Waals surface area contributed by atoms with Gasteiger partial charge in [0.2, 0.25) is 0 Å². The van der Waals surface area contributed by atoms with Crippen molar-refractivity contribution in [1.29, 1.82) is 0 Å². The molecule has 2 heteroatoms. The molecule has 2 nitrogen and oxygen atoms in total. The molecule has 1 fully saturated rings. The van der Waals surface area contributed by atoms with E-state index in [9.17, 15) is 0 Å². The van der Waals surface area contributed by atoms with Crippen molar-refractivity contribution in [2.75, 3.05) is 40.9 Å². The van der Waals surface area contributed by atoms with E-state index in [0.717, 1.165) is 42.0 Å². The number of quaternary nitrogens is 1. The van der Waals surface area contributed by atoms with Gasteiger partial charge in [-0.3, -0.25) is 0 Å². The highest BCUT2D eigenvalue weighted by molar-refractivity contribution is 5.09. The monoisotopic (exact) mass is 210 g/mol. The van der Waals surface area contributed by atoms with Crippen molar-refractivity contribution in [2.24, 2.45) is 17.8 Å². The number of hydrogen-bond acceptors (Lipinski definition) is 1. The Balaban J connectivity index is 1.61. The quantitative estimate of drug-likeness (QED) is 0.383. The Labute approximate surface area is 93.5 Å². The van der Waals surface area contributed by atoms with Gasteiger partial charge >= 0.3 is 0 Å². The first-order chi connectivity index (χ1) is 7.04. The number of ether oxygens (including phenoxy) is 1. The maximum absolute atomic E-state index is 5.80. The lowest BCUT2D eigenvalue weighted by Crippen LogP contribution is -2.37. The Morgan fingerprint density at radius 2 is 2.00 bits per heavy atom. The summed E-state index contributed by atoms with van der Waals surface area (Å²) in [5, 5.41) is 0. The molecule has 0 heterocycles. The highest BCUT2D eigenvalue weighted by Crippen LogP contribution is 2.43. The summed E-state index contributed by atoms with van der Waals surface area (Å²) in [6, 6.07) is 0. The number of nitrogens with zero attached hydrogens (tertiary/aromatic N) is 1. The fraction of sp³-hybridized carbons (Fsp3) is 0.846. The summed E-state index contributed by atoms with van der Waals surface area (Å²) in [5.41, 5.74) is 0. The predicted octanol–water partition coefficient (Wildman–Crippen LogP) is 1.92. The first-order valence-corrected chi connectivity index (χ1v) is 6.11. The van der Waals surface area contributed by atoms with E-state index < -0.39 is 0 Å². The highest BCUT2D eigenvalue weighted by atomic mass is 16.5. The zero-order valence-corrected chi connectivity index (χ0v) is 10.3. The summed E-state index contributed by atoms with van der Waals surface area (Å²) in [6.45, 7) is 2.99. The number of fused-ring (bicyclic) bond motifs is 2. The van der Waals surface area contributed by atoms with E-state index in [4.69, 9.17) is 4.74 Å². The van der Waals surface area contributed by atoms with E-state index in [1.165, 1.54) is 12.8 Å². The van der Waals surface area contributed by atoms with Gasteiger partial charge in [0.1, 0.15) is 6.54 Å². The molecule has 1 saturated carbocycles. The van der Waals surface area contributed by atoms with Crippen molar-refractivity contribution < 1.29 is 9.22 Å². The molecule has 3 unspecified atom stereocenters. The largest absolute Gasteiger partial charge is 0.375 e. The molecule has 0 aliphatic heterocycles. The summed E-state index contributed by atoms with van der Waals surface area (Å²) in [4.78, 5) is 0. The molecule has 2 rings (SSSR count). The van der Waals surface area contributed by atoms with Crippen LogP contribution < -0.4 is 0 Å². The fourth-order valence-electron chi connectivity index (χ4n) is 2.66. The third-order valence-electron chi connectivity index (χ3n) is 3.65. The second-order valence-electron chi connectivity index (χ2n) is 6.13. The van der Waals surface area contributed by atoms with Gasteiger partial charge in [0.25, 0.3) is 0 Å². The number of hydrogen-bond donors (Lipinski definition) is 0. The summed E-state index contributed by atoms with van der Waals surface area (Å²) >= 11 is 0. The van der Waals surface area contributed by atoms with Gasteiger partial charge in [-0.05, 0) is 30.6 Å². The Morgan fingerprint density at radius 3 is 2.53 bits per heavy atom. The van der Waals surface area contributed by atoms with Crippen LogP contribution >= 0.6 is 0 Å². The zero-order valence-electron chi connectivity index (χ0n) is 10.3. The van der Waals surface area contributed by atoms with Crippen LogP contribution in [-0.2, 0) is 4.74 Å². The van der Waals surface area contributed by atoms with Crippen molar-refractivity contribution in [3.63, 3.8) is 0 Å². The van der Waals surface area contributed by atoms with Crippen molar-refractivity contribution in [1.82, 2.24) is 0 Å². The van der Waals surface area contributed by atoms with Crippen LogP contribution in [0.2, 0.25) is 0 Å². The Hall–Kier alpha value is -0.340. The van der Waals surface area contributed by atoms with Gasteiger partial charge < -0.3 is 9.22 Å². The smallest absolute Gasteiger partial charge is 0.102 e. The van der Waals surface area contributed by atoms with Crippen molar-refractivity contribution >= 4 is 0 Å². The predicted molar refractivity (Wildman–Crippen MR) is 62.6 cm³/mol. The SMILES string of the molecule is C[N+](C)(C)CCOCC1CC2C=CC1C2. The molecule has 0 amide bonds. The maximum atomic E-state index is 5.80. The molecule has 0 aromatic rings. The maximum Gasteiger partial charge on any atom is 0.102 e. The molecule has 2 aliphatic carbocycles. The molecule has 0 radical (unpaired) electrons. The summed E-state index contributed by atoms with van der Waals surface area (Å²) < 4.78 is 6.79. The molecule has 3 atom stereocenters. The Kier molecular flexibility index (Phi) is 3.17. The fourth-order valence-corrected chi connectivity index (χ4v) is 2.66. The Morgan fingerprint density at radius 1 is 1.20 bits per heavy atom. The molecule has 0 spiro atoms. The van der Waals surface area contributed by atoms with Crippen molar-refractivity contribution in [3.05, 3.63) is 12.2 Å². The van der Waals surface area contributed by atoms with Gasteiger partial charge in [0.15, 0.2) is 0 Å². The molecule has 0 N–H and O–H groups in total. The van der Waals surface area contributed by atoms with Gasteiger partial charge in [-0.15, -0.1) is 0 Å². The average molecular weight is 210 g/mol. The van der Waals surface area contributed by atoms with Gasteiger partial charge in [-0.1, -0.05) is 12.2 Å². The number of likely N-dealkylation sites (N-methyl/N-ethyl adjacent to an activating group) is 1. The molecule has 86 valence electrons. The summed E-state index contributed by atoms with van der Waals surface area (Å²) in [6.07, 6.45) is 7.56. The van der Waals surface area contributed by atoms with Crippen molar-refractivity contribution in [3.8, 4) is 0 Å². The molecular formula is C13H24NO+. The van der Waals surface area contributed by atoms with E-state index in [1.807, 2.05) is 0 Å². The van der Waals surface area contributed by atoms with E-state index in [2.05, 4.69) is 33.3 Å². The molecule has 2 aliphatic rings. The molecule has 15 heavy (non-hydrogen) atoms. The van der Waals surface area contributed by atoms with Crippen LogP contribution in [0.25, 0.3) is 0 Å². The standard InChI is InChI=1S/C13H24NO/c1-14(2,3)6-7-15-10-13-9-11-4-5-12(13)8-11/h4-5,11-13H,6-10H2,1-3H3/q+1. The van der Waals surface area contributed by atoms with Gasteiger partial charge in [-0.2, -0.15) is 0 Å². The minimum atomic E-state index is 0.812. The van der Waals surface area contributed by atoms with Crippen LogP contribution in [0.5, 0.6) is 0 Å². The first-order valence-electron chi connectivity index (χ1n) is 6.11. The van der Waals surface area contributed by atoms with Crippen LogP contribution in [0, 0.1) is 17.8 Å². The van der Waals surface area contributed by atoms with Crippen LogP contribution in [0.15, 0.2) is 12.2 Å². The minimum Gasteiger partial charge on any atom is -0.375 e. The Bertz CT molecular complexity index is 241. The second kappa shape index (κ2) is 4.26. The van der Waals surface area contributed by atoms with E-state index in [0.29, 0.717) is 0 Å². The molecule has 0 saturated heterocycles. The van der Waals surface area contributed by atoms with Crippen LogP contribution in [0.3, 0.4) is 0 Å². The van der Waals surface area contributed by atoms with Gasteiger partial charge in [0, 0.05) is 0 Å². The lowest BCUT2D eigenvalue weighted by Gasteiger charge is -2.24. The molecular weight excluding hydrogens is 186 g/mol. The summed E-state index contributed by atoms with van der Waals surface area (Å²) in [5.74, 6) is 2.52. The molecule has 0 aromatic heterocycles. The third-order valence-corrected chi connectivity index (χ3v) is 3.65. The lowest BCUT2D eigenvalue weighted by molar-refractivity contribution is -0.870. The minimum absolute atomic E-state index is 0.812. The summed E-state index contributed by atoms with van der Waals surface area (Å²) in [7, 11) is 6.64. The molecule has 2 bridgehead atoms. The second-order valence-corrected chi connectivity index (χ2v) is 6.13. The average Bonchev–Trinajstić information content (AvgIpc) is 2.71.